The van der Waals surface area contributed by atoms with E-state index in [4.69, 9.17) is 5.26 Å². The molecule has 0 fully saturated rings. The van der Waals surface area contributed by atoms with Crippen molar-refractivity contribution in [2.24, 2.45) is 0 Å². The van der Waals surface area contributed by atoms with Crippen LogP contribution in [-0.2, 0) is 6.54 Å². The average molecular weight is 254 g/mol. The van der Waals surface area contributed by atoms with Gasteiger partial charge < -0.3 is 5.32 Å². The van der Waals surface area contributed by atoms with E-state index in [0.29, 0.717) is 5.82 Å². The zero-order valence-corrected chi connectivity index (χ0v) is 11.5. The van der Waals surface area contributed by atoms with Crippen LogP contribution in [0.25, 0.3) is 5.69 Å². The van der Waals surface area contributed by atoms with E-state index in [1.54, 1.807) is 17.0 Å². The maximum atomic E-state index is 8.95. The van der Waals surface area contributed by atoms with Crippen LogP contribution in [-0.4, -0.2) is 15.1 Å². The number of hydrogen-bond donors (Lipinski definition) is 1. The van der Waals surface area contributed by atoms with Crippen molar-refractivity contribution >= 4 is 0 Å². The standard InChI is InChI=1S/C15H18N4/c1-15(2,3)18-11-12-4-6-13(7-5-12)19-9-8-17-14(19)10-16/h4-9,18H,11H2,1-3H3. The van der Waals surface area contributed by atoms with Gasteiger partial charge in [0.05, 0.1) is 0 Å². The van der Waals surface area contributed by atoms with Crippen molar-refractivity contribution in [2.45, 2.75) is 32.9 Å². The van der Waals surface area contributed by atoms with Crippen molar-refractivity contribution < 1.29 is 0 Å². The summed E-state index contributed by atoms with van der Waals surface area (Å²) in [5.41, 5.74) is 2.28. The fourth-order valence-electron chi connectivity index (χ4n) is 1.74. The number of nitriles is 1. The molecule has 1 aromatic heterocycles. The molecule has 0 aliphatic carbocycles. The maximum Gasteiger partial charge on any atom is 0.217 e. The normalized spacial score (nSPS) is 11.3. The van der Waals surface area contributed by atoms with Crippen LogP contribution >= 0.6 is 0 Å². The molecule has 0 aliphatic heterocycles. The summed E-state index contributed by atoms with van der Waals surface area (Å²) in [6.45, 7) is 7.27. The molecule has 0 spiro atoms. The Bertz CT molecular complexity index is 582. The average Bonchev–Trinajstić information content (AvgIpc) is 2.84. The van der Waals surface area contributed by atoms with Crippen molar-refractivity contribution in [3.05, 3.63) is 48.0 Å². The lowest BCUT2D eigenvalue weighted by Crippen LogP contribution is -2.35. The predicted molar refractivity (Wildman–Crippen MR) is 74.9 cm³/mol. The van der Waals surface area contributed by atoms with Gasteiger partial charge in [0.25, 0.3) is 0 Å². The first kappa shape index (κ1) is 13.3. The summed E-state index contributed by atoms with van der Waals surface area (Å²) in [6.07, 6.45) is 3.43. The minimum absolute atomic E-state index is 0.108. The smallest absolute Gasteiger partial charge is 0.217 e. The highest BCUT2D eigenvalue weighted by atomic mass is 15.1. The number of aromatic nitrogens is 2. The third-order valence-electron chi connectivity index (χ3n) is 2.78. The zero-order chi connectivity index (χ0) is 13.9. The predicted octanol–water partition coefficient (Wildman–Crippen LogP) is 2.63. The number of nitrogens with one attached hydrogen (secondary N) is 1. The van der Waals surface area contributed by atoms with E-state index in [1.165, 1.54) is 5.56 Å². The molecule has 0 bridgehead atoms. The van der Waals surface area contributed by atoms with Gasteiger partial charge in [0.1, 0.15) is 6.07 Å². The van der Waals surface area contributed by atoms with Crippen LogP contribution in [0.15, 0.2) is 36.7 Å². The molecule has 1 aromatic carbocycles. The van der Waals surface area contributed by atoms with Crippen molar-refractivity contribution in [2.75, 3.05) is 0 Å². The molecule has 0 unspecified atom stereocenters. The Morgan fingerprint density at radius 2 is 1.95 bits per heavy atom. The molecule has 19 heavy (non-hydrogen) atoms. The van der Waals surface area contributed by atoms with Crippen molar-refractivity contribution in [1.82, 2.24) is 14.9 Å². The Hall–Kier alpha value is -2.12. The molecule has 0 saturated carbocycles. The lowest BCUT2D eigenvalue weighted by atomic mass is 10.1. The van der Waals surface area contributed by atoms with Crippen LogP contribution in [0.1, 0.15) is 32.2 Å². The molecular weight excluding hydrogens is 236 g/mol. The molecule has 98 valence electrons. The van der Waals surface area contributed by atoms with Crippen LogP contribution in [0.5, 0.6) is 0 Å². The first-order valence-corrected chi connectivity index (χ1v) is 6.27. The largest absolute Gasteiger partial charge is 0.308 e. The second kappa shape index (κ2) is 5.25. The summed E-state index contributed by atoms with van der Waals surface area (Å²) in [5.74, 6) is 0.403. The lowest BCUT2D eigenvalue weighted by molar-refractivity contribution is 0.424. The SMILES string of the molecule is CC(C)(C)NCc1ccc(-n2ccnc2C#N)cc1. The van der Waals surface area contributed by atoms with E-state index >= 15 is 0 Å². The number of rotatable bonds is 3. The zero-order valence-electron chi connectivity index (χ0n) is 11.5. The number of benzene rings is 1. The topological polar surface area (TPSA) is 53.6 Å². The first-order valence-electron chi connectivity index (χ1n) is 6.27. The minimum Gasteiger partial charge on any atom is -0.308 e. The molecule has 4 heteroatoms. The third-order valence-corrected chi connectivity index (χ3v) is 2.78. The number of nitrogens with zero attached hydrogens (tertiary/aromatic N) is 3. The van der Waals surface area contributed by atoms with Gasteiger partial charge in [-0.25, -0.2) is 4.98 Å². The lowest BCUT2D eigenvalue weighted by Gasteiger charge is -2.20. The van der Waals surface area contributed by atoms with Gasteiger partial charge in [0.2, 0.25) is 5.82 Å². The highest BCUT2D eigenvalue weighted by molar-refractivity contribution is 5.38. The van der Waals surface area contributed by atoms with E-state index in [-0.39, 0.29) is 5.54 Å². The van der Waals surface area contributed by atoms with E-state index in [1.807, 2.05) is 12.1 Å². The summed E-state index contributed by atoms with van der Waals surface area (Å²) in [6, 6.07) is 10.2. The molecule has 2 aromatic rings. The van der Waals surface area contributed by atoms with E-state index in [9.17, 15) is 0 Å². The fourth-order valence-corrected chi connectivity index (χ4v) is 1.74. The van der Waals surface area contributed by atoms with Crippen LogP contribution in [0, 0.1) is 11.3 Å². The summed E-state index contributed by atoms with van der Waals surface area (Å²) in [7, 11) is 0. The molecule has 0 amide bonds. The second-order valence-corrected chi connectivity index (χ2v) is 5.50. The summed E-state index contributed by atoms with van der Waals surface area (Å²) < 4.78 is 1.78. The van der Waals surface area contributed by atoms with Crippen LogP contribution in [0.4, 0.5) is 0 Å². The van der Waals surface area contributed by atoms with Crippen LogP contribution in [0.3, 0.4) is 0 Å². The Balaban J connectivity index is 2.13. The van der Waals surface area contributed by atoms with E-state index in [2.05, 4.69) is 49.3 Å². The Morgan fingerprint density at radius 1 is 1.26 bits per heavy atom. The Kier molecular flexibility index (Phi) is 3.68. The van der Waals surface area contributed by atoms with Gasteiger partial charge >= 0.3 is 0 Å². The molecule has 4 nitrogen and oxygen atoms in total. The Morgan fingerprint density at radius 3 is 2.53 bits per heavy atom. The van der Waals surface area contributed by atoms with Gasteiger partial charge in [-0.05, 0) is 38.5 Å². The quantitative estimate of drug-likeness (QED) is 0.916. The van der Waals surface area contributed by atoms with Gasteiger partial charge in [0.15, 0.2) is 0 Å². The molecule has 2 rings (SSSR count). The van der Waals surface area contributed by atoms with Gasteiger partial charge in [-0.3, -0.25) is 4.57 Å². The summed E-state index contributed by atoms with van der Waals surface area (Å²) in [4.78, 5) is 3.99. The fraction of sp³-hybridized carbons (Fsp3) is 0.333. The number of hydrogen-bond acceptors (Lipinski definition) is 3. The molecule has 1 heterocycles. The van der Waals surface area contributed by atoms with Gasteiger partial charge in [-0.1, -0.05) is 12.1 Å². The number of imidazole rings is 1. The summed E-state index contributed by atoms with van der Waals surface area (Å²) >= 11 is 0. The highest BCUT2D eigenvalue weighted by Gasteiger charge is 2.08. The molecular formula is C15H18N4. The third kappa shape index (κ3) is 3.43. The van der Waals surface area contributed by atoms with Crippen LogP contribution < -0.4 is 5.32 Å². The minimum atomic E-state index is 0.108. The van der Waals surface area contributed by atoms with Gasteiger partial charge in [-0.15, -0.1) is 0 Å². The van der Waals surface area contributed by atoms with E-state index < -0.39 is 0 Å². The van der Waals surface area contributed by atoms with Crippen molar-refractivity contribution in [1.29, 1.82) is 5.26 Å². The molecule has 1 N–H and O–H groups in total. The first-order chi connectivity index (χ1) is 8.99. The van der Waals surface area contributed by atoms with Gasteiger partial charge in [-0.2, -0.15) is 5.26 Å². The molecule has 0 saturated heterocycles. The van der Waals surface area contributed by atoms with E-state index in [0.717, 1.165) is 12.2 Å². The molecule has 0 radical (unpaired) electrons. The summed E-state index contributed by atoms with van der Waals surface area (Å²) in [5, 5.41) is 12.4. The van der Waals surface area contributed by atoms with Gasteiger partial charge in [0, 0.05) is 30.2 Å². The van der Waals surface area contributed by atoms with Crippen molar-refractivity contribution in [3.63, 3.8) is 0 Å². The monoisotopic (exact) mass is 254 g/mol. The Labute approximate surface area is 113 Å². The van der Waals surface area contributed by atoms with Crippen molar-refractivity contribution in [3.8, 4) is 11.8 Å². The molecule has 0 atom stereocenters. The second-order valence-electron chi connectivity index (χ2n) is 5.50. The molecule has 0 aliphatic rings. The maximum absolute atomic E-state index is 8.95. The highest BCUT2D eigenvalue weighted by Crippen LogP contribution is 2.12. The van der Waals surface area contributed by atoms with Crippen LogP contribution in [0.2, 0.25) is 0 Å².